The molecule has 0 amide bonds. The Morgan fingerprint density at radius 2 is 1.76 bits per heavy atom. The number of hydrogen-bond donors (Lipinski definition) is 2. The van der Waals surface area contributed by atoms with E-state index in [4.69, 9.17) is 5.73 Å². The molecule has 0 aliphatic carbocycles. The Labute approximate surface area is 106 Å². The minimum atomic E-state index is -1.30. The van der Waals surface area contributed by atoms with Gasteiger partial charge in [0, 0.05) is 20.0 Å². The summed E-state index contributed by atoms with van der Waals surface area (Å²) in [6.45, 7) is 9.33. The number of nitrogens with two attached hydrogens (primary N) is 1. The van der Waals surface area contributed by atoms with Crippen molar-refractivity contribution in [3.8, 4) is 0 Å². The van der Waals surface area contributed by atoms with E-state index in [-0.39, 0.29) is 5.41 Å². The van der Waals surface area contributed by atoms with Crippen LogP contribution >= 0.6 is 0 Å². The molecule has 0 spiro atoms. The standard InChI is InChI=1S/C14H25NOSi/c1-12(16)14(10-15,11-17(2,3)4)13-8-6-5-7-9-13/h5-9,12,16H,10-11,15H2,1-4H3. The quantitative estimate of drug-likeness (QED) is 0.790. The molecule has 3 N–H and O–H groups in total. The molecule has 0 saturated carbocycles. The maximum Gasteiger partial charge on any atom is 0.0618 e. The fraction of sp³-hybridized carbons (Fsp3) is 0.571. The number of aliphatic hydroxyl groups excluding tert-OH is 1. The lowest BCUT2D eigenvalue weighted by Gasteiger charge is -2.40. The third-order valence-corrected chi connectivity index (χ3v) is 5.05. The molecule has 1 aromatic carbocycles. The van der Waals surface area contributed by atoms with Gasteiger partial charge in [-0.2, -0.15) is 0 Å². The van der Waals surface area contributed by atoms with Gasteiger partial charge < -0.3 is 10.8 Å². The molecule has 17 heavy (non-hydrogen) atoms. The Balaban J connectivity index is 3.19. The van der Waals surface area contributed by atoms with Gasteiger partial charge in [0.1, 0.15) is 0 Å². The summed E-state index contributed by atoms with van der Waals surface area (Å²) >= 11 is 0. The fourth-order valence-corrected chi connectivity index (χ4v) is 5.10. The molecule has 3 heteroatoms. The van der Waals surface area contributed by atoms with Crippen molar-refractivity contribution in [2.45, 2.75) is 44.1 Å². The second-order valence-electron chi connectivity index (χ2n) is 6.14. The maximum atomic E-state index is 10.2. The van der Waals surface area contributed by atoms with E-state index >= 15 is 0 Å². The first-order valence-electron chi connectivity index (χ1n) is 6.25. The van der Waals surface area contributed by atoms with Crippen LogP contribution in [0.1, 0.15) is 12.5 Å². The van der Waals surface area contributed by atoms with Gasteiger partial charge >= 0.3 is 0 Å². The first-order valence-corrected chi connectivity index (χ1v) is 9.96. The zero-order chi connectivity index (χ0) is 13.1. The molecule has 2 unspecified atom stereocenters. The third kappa shape index (κ3) is 3.41. The van der Waals surface area contributed by atoms with Crippen molar-refractivity contribution in [3.05, 3.63) is 35.9 Å². The topological polar surface area (TPSA) is 46.2 Å². The van der Waals surface area contributed by atoms with Crippen LogP contribution in [0.2, 0.25) is 25.7 Å². The van der Waals surface area contributed by atoms with Gasteiger partial charge in [-0.1, -0.05) is 50.0 Å². The highest BCUT2D eigenvalue weighted by Gasteiger charge is 2.39. The second kappa shape index (κ2) is 5.34. The number of rotatable bonds is 5. The highest BCUT2D eigenvalue weighted by molar-refractivity contribution is 6.76. The lowest BCUT2D eigenvalue weighted by molar-refractivity contribution is 0.111. The molecule has 0 radical (unpaired) electrons. The summed E-state index contributed by atoms with van der Waals surface area (Å²) < 4.78 is 0. The summed E-state index contributed by atoms with van der Waals surface area (Å²) in [4.78, 5) is 0. The van der Waals surface area contributed by atoms with Crippen LogP contribution in [0.15, 0.2) is 30.3 Å². The number of aliphatic hydroxyl groups is 1. The van der Waals surface area contributed by atoms with Gasteiger partial charge in [0.05, 0.1) is 6.10 Å². The van der Waals surface area contributed by atoms with Crippen molar-refractivity contribution in [2.75, 3.05) is 6.54 Å². The molecule has 0 aliphatic rings. The summed E-state index contributed by atoms with van der Waals surface area (Å²) in [7, 11) is -1.30. The van der Waals surface area contributed by atoms with E-state index in [0.717, 1.165) is 6.04 Å². The summed E-state index contributed by atoms with van der Waals surface area (Å²) in [5.74, 6) is 0. The molecule has 0 heterocycles. The van der Waals surface area contributed by atoms with Crippen LogP contribution in [-0.4, -0.2) is 25.8 Å². The van der Waals surface area contributed by atoms with Crippen molar-refractivity contribution in [1.29, 1.82) is 0 Å². The van der Waals surface area contributed by atoms with E-state index in [9.17, 15) is 5.11 Å². The SMILES string of the molecule is CC(O)C(CN)(C[Si](C)(C)C)c1ccccc1. The Kier molecular flexibility index (Phi) is 4.53. The van der Waals surface area contributed by atoms with Crippen LogP contribution in [-0.2, 0) is 5.41 Å². The molecule has 96 valence electrons. The Bertz CT molecular complexity index is 345. The lowest BCUT2D eigenvalue weighted by atomic mass is 9.78. The predicted octanol–water partition coefficient (Wildman–Crippen LogP) is 2.60. The predicted molar refractivity (Wildman–Crippen MR) is 77.0 cm³/mol. The molecule has 2 nitrogen and oxygen atoms in total. The highest BCUT2D eigenvalue weighted by Crippen LogP contribution is 2.35. The van der Waals surface area contributed by atoms with Gasteiger partial charge in [0.15, 0.2) is 0 Å². The van der Waals surface area contributed by atoms with Crippen molar-refractivity contribution >= 4 is 8.07 Å². The van der Waals surface area contributed by atoms with Gasteiger partial charge in [-0.05, 0) is 18.5 Å². The largest absolute Gasteiger partial charge is 0.392 e. The van der Waals surface area contributed by atoms with Crippen LogP contribution in [0.25, 0.3) is 0 Å². The minimum absolute atomic E-state index is 0.286. The minimum Gasteiger partial charge on any atom is -0.392 e. The smallest absolute Gasteiger partial charge is 0.0618 e. The van der Waals surface area contributed by atoms with E-state index in [1.807, 2.05) is 25.1 Å². The number of benzene rings is 1. The first kappa shape index (κ1) is 14.4. The molecular formula is C14H25NOSi. The van der Waals surface area contributed by atoms with Gasteiger partial charge in [-0.15, -0.1) is 0 Å². The highest BCUT2D eigenvalue weighted by atomic mass is 28.3. The average molecular weight is 251 g/mol. The van der Waals surface area contributed by atoms with Crippen molar-refractivity contribution in [1.82, 2.24) is 0 Å². The van der Waals surface area contributed by atoms with Crippen LogP contribution in [0.5, 0.6) is 0 Å². The molecule has 1 aromatic rings. The van der Waals surface area contributed by atoms with Crippen LogP contribution < -0.4 is 5.73 Å². The number of hydrogen-bond acceptors (Lipinski definition) is 2. The molecule has 0 saturated heterocycles. The zero-order valence-electron chi connectivity index (χ0n) is 11.4. The molecule has 2 atom stereocenters. The lowest BCUT2D eigenvalue weighted by Crippen LogP contribution is -2.49. The summed E-state index contributed by atoms with van der Waals surface area (Å²) in [5.41, 5.74) is 6.89. The van der Waals surface area contributed by atoms with E-state index in [1.165, 1.54) is 5.56 Å². The van der Waals surface area contributed by atoms with E-state index < -0.39 is 14.2 Å². The van der Waals surface area contributed by atoms with Crippen LogP contribution in [0, 0.1) is 0 Å². The molecule has 0 aromatic heterocycles. The van der Waals surface area contributed by atoms with Gasteiger partial charge in [0.2, 0.25) is 0 Å². The fourth-order valence-electron chi connectivity index (χ4n) is 2.57. The molecular weight excluding hydrogens is 226 g/mol. The molecule has 0 bridgehead atoms. The summed E-state index contributed by atoms with van der Waals surface area (Å²) in [6, 6.07) is 11.2. The monoisotopic (exact) mass is 251 g/mol. The Morgan fingerprint density at radius 1 is 1.24 bits per heavy atom. The van der Waals surface area contributed by atoms with Gasteiger partial charge in [-0.25, -0.2) is 0 Å². The average Bonchev–Trinajstić information content (AvgIpc) is 2.25. The molecule has 0 aliphatic heterocycles. The van der Waals surface area contributed by atoms with E-state index in [0.29, 0.717) is 6.54 Å². The molecule has 1 rings (SSSR count). The van der Waals surface area contributed by atoms with Crippen molar-refractivity contribution < 1.29 is 5.11 Å². The third-order valence-electron chi connectivity index (χ3n) is 3.36. The first-order chi connectivity index (χ1) is 7.82. The van der Waals surface area contributed by atoms with Gasteiger partial charge in [-0.3, -0.25) is 0 Å². The molecule has 0 fully saturated rings. The summed E-state index contributed by atoms with van der Waals surface area (Å²) in [5, 5.41) is 10.2. The Hall–Kier alpha value is -0.643. The van der Waals surface area contributed by atoms with E-state index in [1.54, 1.807) is 0 Å². The summed E-state index contributed by atoms with van der Waals surface area (Å²) in [6.07, 6.45) is -0.415. The maximum absolute atomic E-state index is 10.2. The second-order valence-corrected chi connectivity index (χ2v) is 11.6. The van der Waals surface area contributed by atoms with Crippen molar-refractivity contribution in [3.63, 3.8) is 0 Å². The van der Waals surface area contributed by atoms with Crippen LogP contribution in [0.3, 0.4) is 0 Å². The normalized spacial score (nSPS) is 17.5. The van der Waals surface area contributed by atoms with E-state index in [2.05, 4.69) is 31.8 Å². The van der Waals surface area contributed by atoms with Crippen molar-refractivity contribution in [2.24, 2.45) is 5.73 Å². The Morgan fingerprint density at radius 3 is 2.12 bits per heavy atom. The van der Waals surface area contributed by atoms with Crippen LogP contribution in [0.4, 0.5) is 0 Å². The zero-order valence-corrected chi connectivity index (χ0v) is 12.4. The van der Waals surface area contributed by atoms with Gasteiger partial charge in [0.25, 0.3) is 0 Å².